The normalized spacial score (nSPS) is 24.1. The highest BCUT2D eigenvalue weighted by molar-refractivity contribution is 5.95. The highest BCUT2D eigenvalue weighted by atomic mass is 19.1. The maximum Gasteiger partial charge on any atom is 0.272 e. The van der Waals surface area contributed by atoms with Crippen LogP contribution < -0.4 is 5.32 Å². The van der Waals surface area contributed by atoms with E-state index in [1.54, 1.807) is 16.9 Å². The van der Waals surface area contributed by atoms with Crippen molar-refractivity contribution in [1.82, 2.24) is 20.0 Å². The van der Waals surface area contributed by atoms with Crippen molar-refractivity contribution in [3.05, 3.63) is 53.6 Å². The molecule has 2 bridgehead atoms. The molecule has 2 fully saturated rings. The average Bonchev–Trinajstić information content (AvgIpc) is 3.24. The highest BCUT2D eigenvalue weighted by Gasteiger charge is 2.44. The molecule has 27 heavy (non-hydrogen) atoms. The molecule has 2 saturated heterocycles. The number of carbonyl (C=O) groups is 2. The fourth-order valence-corrected chi connectivity index (χ4v) is 4.40. The van der Waals surface area contributed by atoms with Gasteiger partial charge in [0.05, 0.1) is 0 Å². The van der Waals surface area contributed by atoms with Crippen LogP contribution in [0.2, 0.25) is 0 Å². The topological polar surface area (TPSA) is 67.2 Å². The minimum absolute atomic E-state index is 0.0280. The second-order valence-electron chi connectivity index (χ2n) is 7.28. The fraction of sp³-hybridized carbons (Fsp3) is 0.450. The van der Waals surface area contributed by atoms with Gasteiger partial charge in [-0.25, -0.2) is 4.39 Å². The van der Waals surface area contributed by atoms with Crippen LogP contribution in [0.5, 0.6) is 0 Å². The number of nitrogens with zero attached hydrogens (tertiary/aromatic N) is 3. The van der Waals surface area contributed by atoms with E-state index < -0.39 is 0 Å². The van der Waals surface area contributed by atoms with Gasteiger partial charge in [-0.2, -0.15) is 5.10 Å². The van der Waals surface area contributed by atoms with Crippen molar-refractivity contribution < 1.29 is 14.0 Å². The van der Waals surface area contributed by atoms with Crippen LogP contribution in [0.4, 0.5) is 4.39 Å². The molecule has 0 radical (unpaired) electrons. The molecule has 0 aliphatic carbocycles. The SMILES string of the molecule is CCn1nccc1C(=O)N1[C@@H]2CC[C@H]1CC(NC(=O)c1ccc(F)cc1)C2. The van der Waals surface area contributed by atoms with Crippen LogP contribution >= 0.6 is 0 Å². The number of rotatable bonds is 4. The van der Waals surface area contributed by atoms with Gasteiger partial charge in [0.25, 0.3) is 11.8 Å². The maximum atomic E-state index is 13.0. The first-order chi connectivity index (χ1) is 13.1. The van der Waals surface area contributed by atoms with Crippen LogP contribution in [-0.2, 0) is 6.54 Å². The van der Waals surface area contributed by atoms with Gasteiger partial charge in [0.1, 0.15) is 11.5 Å². The first-order valence-electron chi connectivity index (χ1n) is 9.47. The van der Waals surface area contributed by atoms with Crippen LogP contribution in [0.1, 0.15) is 53.5 Å². The Morgan fingerprint density at radius 1 is 1.15 bits per heavy atom. The molecule has 3 atom stereocenters. The summed E-state index contributed by atoms with van der Waals surface area (Å²) in [5.41, 5.74) is 1.08. The number of amides is 2. The van der Waals surface area contributed by atoms with Crippen molar-refractivity contribution in [1.29, 1.82) is 0 Å². The van der Waals surface area contributed by atoms with Gasteiger partial charge >= 0.3 is 0 Å². The number of benzene rings is 1. The quantitative estimate of drug-likeness (QED) is 0.900. The molecule has 1 N–H and O–H groups in total. The molecular formula is C20H23FN4O2. The number of aryl methyl sites for hydroxylation is 1. The lowest BCUT2D eigenvalue weighted by Crippen LogP contribution is -2.52. The second kappa shape index (κ2) is 7.13. The Morgan fingerprint density at radius 2 is 1.81 bits per heavy atom. The van der Waals surface area contributed by atoms with Gasteiger partial charge in [-0.3, -0.25) is 14.3 Å². The molecule has 2 aromatic rings. The smallest absolute Gasteiger partial charge is 0.272 e. The summed E-state index contributed by atoms with van der Waals surface area (Å²) < 4.78 is 14.8. The van der Waals surface area contributed by atoms with Crippen LogP contribution in [0.15, 0.2) is 36.5 Å². The summed E-state index contributed by atoms with van der Waals surface area (Å²) in [5.74, 6) is -0.517. The fourth-order valence-electron chi connectivity index (χ4n) is 4.40. The van der Waals surface area contributed by atoms with Crippen LogP contribution in [0, 0.1) is 5.82 Å². The minimum Gasteiger partial charge on any atom is -0.349 e. The van der Waals surface area contributed by atoms with E-state index in [2.05, 4.69) is 10.4 Å². The molecule has 2 aliphatic rings. The number of halogens is 1. The largest absolute Gasteiger partial charge is 0.349 e. The molecule has 2 amide bonds. The molecule has 7 heteroatoms. The number of nitrogens with one attached hydrogen (secondary N) is 1. The van der Waals surface area contributed by atoms with Crippen molar-refractivity contribution in [2.45, 2.75) is 57.3 Å². The number of carbonyl (C=O) groups excluding carboxylic acids is 2. The van der Waals surface area contributed by atoms with Gasteiger partial charge in [-0.1, -0.05) is 0 Å². The van der Waals surface area contributed by atoms with Crippen LogP contribution in [-0.4, -0.2) is 44.6 Å². The van der Waals surface area contributed by atoms with E-state index in [0.29, 0.717) is 17.8 Å². The third-order valence-electron chi connectivity index (χ3n) is 5.64. The van der Waals surface area contributed by atoms with Crippen molar-refractivity contribution >= 4 is 11.8 Å². The van der Waals surface area contributed by atoms with Crippen molar-refractivity contribution in [2.75, 3.05) is 0 Å². The van der Waals surface area contributed by atoms with E-state index in [9.17, 15) is 14.0 Å². The summed E-state index contributed by atoms with van der Waals surface area (Å²) in [5, 5.41) is 7.26. The molecule has 1 aromatic carbocycles. The van der Waals surface area contributed by atoms with Crippen molar-refractivity contribution in [3.8, 4) is 0 Å². The molecule has 0 saturated carbocycles. The molecule has 2 aliphatic heterocycles. The van der Waals surface area contributed by atoms with Gasteiger partial charge in [-0.15, -0.1) is 0 Å². The molecule has 3 heterocycles. The summed E-state index contributed by atoms with van der Waals surface area (Å²) in [7, 11) is 0. The first-order valence-corrected chi connectivity index (χ1v) is 9.47. The Balaban J connectivity index is 1.43. The predicted molar refractivity (Wildman–Crippen MR) is 97.8 cm³/mol. The Labute approximate surface area is 157 Å². The Morgan fingerprint density at radius 3 is 2.44 bits per heavy atom. The third kappa shape index (κ3) is 3.34. The van der Waals surface area contributed by atoms with Gasteiger partial charge in [0.2, 0.25) is 0 Å². The lowest BCUT2D eigenvalue weighted by atomic mass is 9.96. The second-order valence-corrected chi connectivity index (χ2v) is 7.28. The molecule has 1 aromatic heterocycles. The summed E-state index contributed by atoms with van der Waals surface area (Å²) >= 11 is 0. The van der Waals surface area contributed by atoms with Gasteiger partial charge in [0.15, 0.2) is 0 Å². The number of aromatic nitrogens is 2. The summed E-state index contributed by atoms with van der Waals surface area (Å²) in [6.45, 7) is 2.63. The monoisotopic (exact) mass is 370 g/mol. The van der Waals surface area contributed by atoms with Crippen molar-refractivity contribution in [2.24, 2.45) is 0 Å². The third-order valence-corrected chi connectivity index (χ3v) is 5.64. The van der Waals surface area contributed by atoms with Gasteiger partial charge < -0.3 is 10.2 Å². The zero-order chi connectivity index (χ0) is 19.0. The number of fused-ring (bicyclic) bond motifs is 2. The van der Waals surface area contributed by atoms with Crippen LogP contribution in [0.25, 0.3) is 0 Å². The van der Waals surface area contributed by atoms with E-state index in [1.807, 2.05) is 11.8 Å². The Kier molecular flexibility index (Phi) is 4.68. The van der Waals surface area contributed by atoms with E-state index in [4.69, 9.17) is 0 Å². The maximum absolute atomic E-state index is 13.0. The van der Waals surface area contributed by atoms with Crippen molar-refractivity contribution in [3.63, 3.8) is 0 Å². The molecule has 142 valence electrons. The number of piperidine rings is 1. The molecule has 0 spiro atoms. The summed E-state index contributed by atoms with van der Waals surface area (Å²) in [6, 6.07) is 7.62. The molecule has 4 rings (SSSR count). The number of hydrogen-bond donors (Lipinski definition) is 1. The van der Waals surface area contributed by atoms with Gasteiger partial charge in [-0.05, 0) is 62.9 Å². The average molecular weight is 370 g/mol. The predicted octanol–water partition coefficient (Wildman–Crippen LogP) is 2.61. The van der Waals surface area contributed by atoms with Gasteiger partial charge in [0, 0.05) is 36.4 Å². The number of hydrogen-bond acceptors (Lipinski definition) is 3. The van der Waals surface area contributed by atoms with Crippen LogP contribution in [0.3, 0.4) is 0 Å². The molecule has 1 unspecified atom stereocenters. The van der Waals surface area contributed by atoms with E-state index in [0.717, 1.165) is 25.7 Å². The first kappa shape index (κ1) is 17.7. The zero-order valence-electron chi connectivity index (χ0n) is 15.3. The summed E-state index contributed by atoms with van der Waals surface area (Å²) in [6.07, 6.45) is 5.07. The standard InChI is InChI=1S/C20H23FN4O2/c1-2-24-18(9-10-22-24)20(27)25-16-7-8-17(25)12-15(11-16)23-19(26)13-3-5-14(21)6-4-13/h3-6,9-10,15-17H,2,7-8,11-12H2,1H3,(H,23,26)/t15?,16-,17+. The van der Waals surface area contributed by atoms with E-state index in [-0.39, 0.29) is 35.8 Å². The zero-order valence-corrected chi connectivity index (χ0v) is 15.3. The molecular weight excluding hydrogens is 347 g/mol. The molecule has 6 nitrogen and oxygen atoms in total. The van der Waals surface area contributed by atoms with E-state index in [1.165, 1.54) is 24.3 Å². The Hall–Kier alpha value is -2.70. The summed E-state index contributed by atoms with van der Waals surface area (Å²) in [4.78, 5) is 27.4. The minimum atomic E-state index is -0.359. The highest BCUT2D eigenvalue weighted by Crippen LogP contribution is 2.37. The lowest BCUT2D eigenvalue weighted by Gasteiger charge is -2.39. The van der Waals surface area contributed by atoms with E-state index >= 15 is 0 Å². The Bertz CT molecular complexity index is 834. The lowest BCUT2D eigenvalue weighted by molar-refractivity contribution is 0.0537.